The minimum absolute atomic E-state index is 0.0223. The van der Waals surface area contributed by atoms with Crippen molar-refractivity contribution in [2.75, 3.05) is 41.0 Å². The van der Waals surface area contributed by atoms with Gasteiger partial charge < -0.3 is 23.8 Å². The van der Waals surface area contributed by atoms with Gasteiger partial charge in [0.25, 0.3) is 0 Å². The Balaban J connectivity index is 4.58. The van der Waals surface area contributed by atoms with E-state index in [0.717, 1.165) is 38.5 Å². The molecule has 0 aliphatic carbocycles. The second-order valence-electron chi connectivity index (χ2n) is 14.3. The fourth-order valence-corrected chi connectivity index (χ4v) is 5.29. The first-order chi connectivity index (χ1) is 25.6. The molecule has 0 aromatic heterocycles. The van der Waals surface area contributed by atoms with Crippen LogP contribution >= 0.6 is 0 Å². The van der Waals surface area contributed by atoms with Gasteiger partial charge in [-0.1, -0.05) is 144 Å². The van der Waals surface area contributed by atoms with Gasteiger partial charge in [0.1, 0.15) is 6.61 Å². The van der Waals surface area contributed by atoms with E-state index in [-0.39, 0.29) is 49.1 Å². The molecule has 8 nitrogen and oxygen atoms in total. The third-order valence-corrected chi connectivity index (χ3v) is 8.43. The number of carboxylic acid groups (broad SMARTS) is 1. The number of hydrogen-bond donors (Lipinski definition) is 1. The van der Waals surface area contributed by atoms with Crippen LogP contribution in [0, 0.1) is 0 Å². The monoisotopic (exact) mass is 741 g/mol. The molecule has 0 radical (unpaired) electrons. The number of quaternary nitrogens is 1. The van der Waals surface area contributed by atoms with E-state index < -0.39 is 18.1 Å². The molecule has 1 N–H and O–H groups in total. The van der Waals surface area contributed by atoms with Crippen LogP contribution < -0.4 is 0 Å². The maximum atomic E-state index is 12.7. The second kappa shape index (κ2) is 35.5. The van der Waals surface area contributed by atoms with Crippen LogP contribution in [0.5, 0.6) is 0 Å². The van der Waals surface area contributed by atoms with Crippen LogP contribution in [-0.2, 0) is 28.6 Å². The molecule has 2 unspecified atom stereocenters. The van der Waals surface area contributed by atoms with Crippen LogP contribution in [-0.4, -0.2) is 80.6 Å². The summed E-state index contributed by atoms with van der Waals surface area (Å²) in [4.78, 5) is 36.8. The highest BCUT2D eigenvalue weighted by Gasteiger charge is 2.31. The van der Waals surface area contributed by atoms with Gasteiger partial charge in [0.15, 0.2) is 12.1 Å². The Labute approximate surface area is 323 Å². The lowest BCUT2D eigenvalue weighted by atomic mass is 10.1. The molecule has 0 fully saturated rings. The smallest absolute Gasteiger partial charge is 0.362 e. The Hall–Kier alpha value is -3.49. The van der Waals surface area contributed by atoms with E-state index in [1.54, 1.807) is 0 Å². The van der Waals surface area contributed by atoms with Crippen molar-refractivity contribution in [1.29, 1.82) is 0 Å². The van der Waals surface area contributed by atoms with Gasteiger partial charge >= 0.3 is 17.9 Å². The van der Waals surface area contributed by atoms with Crippen LogP contribution in [0.2, 0.25) is 0 Å². The van der Waals surface area contributed by atoms with Crippen LogP contribution in [0.25, 0.3) is 0 Å². The summed E-state index contributed by atoms with van der Waals surface area (Å²) in [7, 11) is 5.48. The van der Waals surface area contributed by atoms with Crippen molar-refractivity contribution in [3.05, 3.63) is 85.1 Å². The van der Waals surface area contributed by atoms with Gasteiger partial charge in [-0.25, -0.2) is 4.79 Å². The number of esters is 2. The summed E-state index contributed by atoms with van der Waals surface area (Å²) >= 11 is 0. The number of aliphatic carboxylic acids is 1. The molecule has 8 heteroatoms. The summed E-state index contributed by atoms with van der Waals surface area (Å²) in [6, 6.07) is -0.634. The van der Waals surface area contributed by atoms with E-state index in [9.17, 15) is 19.5 Å². The maximum Gasteiger partial charge on any atom is 0.362 e. The zero-order valence-electron chi connectivity index (χ0n) is 33.9. The first-order valence-electron chi connectivity index (χ1n) is 20.2. The Morgan fingerprint density at radius 1 is 0.585 bits per heavy atom. The quantitative estimate of drug-likeness (QED) is 0.0303. The zero-order chi connectivity index (χ0) is 39.3. The summed E-state index contributed by atoms with van der Waals surface area (Å²) in [5.74, 6) is -1.61. The molecule has 0 aromatic rings. The van der Waals surface area contributed by atoms with E-state index in [1.165, 1.54) is 44.9 Å². The molecule has 2 atom stereocenters. The van der Waals surface area contributed by atoms with Crippen molar-refractivity contribution in [3.8, 4) is 0 Å². The van der Waals surface area contributed by atoms with Crippen LogP contribution in [0.1, 0.15) is 129 Å². The van der Waals surface area contributed by atoms with Crippen molar-refractivity contribution >= 4 is 17.9 Å². The number of allylic oxidation sites excluding steroid dienone is 14. The first-order valence-corrected chi connectivity index (χ1v) is 20.2. The fraction of sp³-hybridized carbons (Fsp3) is 0.622. The SMILES string of the molecule is CC/C=C/C=C/C=C/C=C/C=C/CCCC(=O)OCC(COCCC(C(=O)O)[N+](C)(C)C)OC(=O)CCCCC/C=C/C=C/CCCCCCCCC. The number of ether oxygens (including phenoxy) is 3. The molecule has 0 bridgehead atoms. The van der Waals surface area contributed by atoms with Crippen LogP contribution in [0.15, 0.2) is 85.1 Å². The molecular formula is C45H74NO7+. The Kier molecular flexibility index (Phi) is 33.2. The van der Waals surface area contributed by atoms with Gasteiger partial charge in [-0.3, -0.25) is 9.59 Å². The third kappa shape index (κ3) is 34.1. The van der Waals surface area contributed by atoms with Crippen molar-refractivity contribution < 1.29 is 38.2 Å². The van der Waals surface area contributed by atoms with Gasteiger partial charge in [0.05, 0.1) is 34.4 Å². The zero-order valence-corrected chi connectivity index (χ0v) is 33.9. The highest BCUT2D eigenvalue weighted by atomic mass is 16.6. The summed E-state index contributed by atoms with van der Waals surface area (Å²) < 4.78 is 17.1. The lowest BCUT2D eigenvalue weighted by Gasteiger charge is -2.31. The Morgan fingerprint density at radius 3 is 1.64 bits per heavy atom. The number of nitrogens with zero attached hydrogens (tertiary/aromatic N) is 1. The molecule has 0 aliphatic heterocycles. The predicted molar refractivity (Wildman–Crippen MR) is 220 cm³/mol. The molecule has 0 spiro atoms. The van der Waals surface area contributed by atoms with Crippen LogP contribution in [0.3, 0.4) is 0 Å². The third-order valence-electron chi connectivity index (χ3n) is 8.43. The highest BCUT2D eigenvalue weighted by Crippen LogP contribution is 2.12. The number of likely N-dealkylation sites (N-methyl/N-ethyl adjacent to an activating group) is 1. The lowest BCUT2D eigenvalue weighted by molar-refractivity contribution is -0.887. The number of carbonyl (C=O) groups excluding carboxylic acids is 2. The average Bonchev–Trinajstić information content (AvgIpc) is 3.11. The normalized spacial score (nSPS) is 13.9. The minimum Gasteiger partial charge on any atom is -0.477 e. The number of carbonyl (C=O) groups is 3. The Bertz CT molecular complexity index is 1140. The van der Waals surface area contributed by atoms with Crippen molar-refractivity contribution in [2.24, 2.45) is 0 Å². The molecule has 53 heavy (non-hydrogen) atoms. The van der Waals surface area contributed by atoms with E-state index in [1.807, 2.05) is 75.8 Å². The maximum absolute atomic E-state index is 12.7. The Morgan fingerprint density at radius 2 is 1.08 bits per heavy atom. The number of carboxylic acids is 1. The lowest BCUT2D eigenvalue weighted by Crippen LogP contribution is -2.50. The summed E-state index contributed by atoms with van der Waals surface area (Å²) in [5.41, 5.74) is 0. The molecule has 0 heterocycles. The largest absolute Gasteiger partial charge is 0.477 e. The molecule has 0 saturated carbocycles. The summed E-state index contributed by atoms with van der Waals surface area (Å²) in [6.07, 6.45) is 45.0. The van der Waals surface area contributed by atoms with Crippen LogP contribution in [0.4, 0.5) is 0 Å². The van der Waals surface area contributed by atoms with Crippen molar-refractivity contribution in [3.63, 3.8) is 0 Å². The molecule has 0 saturated heterocycles. The van der Waals surface area contributed by atoms with Gasteiger partial charge in [0, 0.05) is 19.3 Å². The molecular weight excluding hydrogens is 666 g/mol. The summed E-state index contributed by atoms with van der Waals surface area (Å²) in [5, 5.41) is 9.59. The topological polar surface area (TPSA) is 99.1 Å². The van der Waals surface area contributed by atoms with Gasteiger partial charge in [-0.15, -0.1) is 0 Å². The number of unbranched alkanes of at least 4 members (excludes halogenated alkanes) is 11. The predicted octanol–water partition coefficient (Wildman–Crippen LogP) is 10.6. The van der Waals surface area contributed by atoms with E-state index in [4.69, 9.17) is 14.2 Å². The number of rotatable bonds is 34. The molecule has 0 aliphatic rings. The summed E-state index contributed by atoms with van der Waals surface area (Å²) in [6.45, 7) is 4.45. The second-order valence-corrected chi connectivity index (χ2v) is 14.3. The van der Waals surface area contributed by atoms with Crippen molar-refractivity contribution in [2.45, 2.75) is 142 Å². The van der Waals surface area contributed by atoms with Gasteiger partial charge in [-0.05, 0) is 51.4 Å². The average molecular weight is 741 g/mol. The van der Waals surface area contributed by atoms with E-state index >= 15 is 0 Å². The van der Waals surface area contributed by atoms with Crippen molar-refractivity contribution in [1.82, 2.24) is 0 Å². The van der Waals surface area contributed by atoms with Gasteiger partial charge in [-0.2, -0.15) is 0 Å². The molecule has 0 aromatic carbocycles. The number of hydrogen-bond acceptors (Lipinski definition) is 6. The van der Waals surface area contributed by atoms with E-state index in [2.05, 4.69) is 44.2 Å². The fourth-order valence-electron chi connectivity index (χ4n) is 5.29. The van der Waals surface area contributed by atoms with Gasteiger partial charge in [0.2, 0.25) is 0 Å². The molecule has 300 valence electrons. The molecule has 0 amide bonds. The molecule has 0 rings (SSSR count). The first kappa shape index (κ1) is 49.5. The van der Waals surface area contributed by atoms with E-state index in [0.29, 0.717) is 19.3 Å². The minimum atomic E-state index is -0.894. The standard InChI is InChI=1S/C45H73NO7/c1-6-8-10-12-14-16-18-20-21-22-24-26-28-30-32-34-36-44(48)53-41(39-51-38-37-42(45(49)50)46(3,4)5)40-52-43(47)35-33-31-29-27-25-23-19-17-15-13-11-9-7-2/h9,11,13,15,17,19,21-27,29,41-42H,6-8,10,12,14,16,18,20,28,30-40H2,1-5H3/p+1/b11-9+,15-13+,19-17+,22-21+,25-23+,26-24+,29-27+. The highest BCUT2D eigenvalue weighted by molar-refractivity contribution is 5.72.